The molecule has 1 aliphatic heterocycles. The third kappa shape index (κ3) is 2.81. The summed E-state index contributed by atoms with van der Waals surface area (Å²) in [6.45, 7) is 7.93. The fourth-order valence-corrected chi connectivity index (χ4v) is 2.95. The van der Waals surface area contributed by atoms with Crippen molar-refractivity contribution in [1.29, 1.82) is 0 Å². The van der Waals surface area contributed by atoms with Gasteiger partial charge < -0.3 is 9.64 Å². The number of ether oxygens (including phenoxy) is 1. The smallest absolute Gasteiger partial charge is 0.252 e. The summed E-state index contributed by atoms with van der Waals surface area (Å²) in [4.78, 5) is 22.8. The van der Waals surface area contributed by atoms with Gasteiger partial charge in [0.2, 0.25) is 5.91 Å². The first-order valence-electron chi connectivity index (χ1n) is 7.61. The van der Waals surface area contributed by atoms with Gasteiger partial charge in [-0.15, -0.1) is 0 Å². The lowest BCUT2D eigenvalue weighted by atomic mass is 10.1. The molecule has 1 saturated heterocycles. The molecule has 2 aromatic heterocycles. The highest BCUT2D eigenvalue weighted by atomic mass is 16.5. The molecule has 0 radical (unpaired) electrons. The highest BCUT2D eigenvalue weighted by Crippen LogP contribution is 2.16. The maximum atomic E-state index is 12.4. The average molecular weight is 303 g/mol. The van der Waals surface area contributed by atoms with Crippen molar-refractivity contribution in [2.24, 2.45) is 0 Å². The summed E-state index contributed by atoms with van der Waals surface area (Å²) < 4.78 is 7.20. The number of carbonyl (C=O) groups excluding carboxylic acids is 1. The van der Waals surface area contributed by atoms with Gasteiger partial charge in [0.15, 0.2) is 0 Å². The molecule has 3 heterocycles. The fraction of sp³-hybridized carbons (Fsp3) is 0.600. The number of hydrogen-bond acceptors (Lipinski definition) is 5. The largest absolute Gasteiger partial charge is 0.375 e. The molecule has 0 aliphatic carbocycles. The second-order valence-corrected chi connectivity index (χ2v) is 5.75. The van der Waals surface area contributed by atoms with E-state index in [-0.39, 0.29) is 12.0 Å². The summed E-state index contributed by atoms with van der Waals surface area (Å²) in [5, 5.41) is 4.18. The summed E-state index contributed by atoms with van der Waals surface area (Å²) in [5.41, 5.74) is 3.00. The van der Waals surface area contributed by atoms with Gasteiger partial charge >= 0.3 is 0 Å². The molecule has 1 atom stereocenters. The molecule has 0 N–H and O–H groups in total. The van der Waals surface area contributed by atoms with E-state index in [1.807, 2.05) is 25.7 Å². The Morgan fingerprint density at radius 3 is 3.05 bits per heavy atom. The van der Waals surface area contributed by atoms with Gasteiger partial charge in [-0.3, -0.25) is 4.79 Å². The molecule has 7 nitrogen and oxygen atoms in total. The van der Waals surface area contributed by atoms with Crippen molar-refractivity contribution in [3.63, 3.8) is 0 Å². The van der Waals surface area contributed by atoms with Crippen LogP contribution in [0.4, 0.5) is 0 Å². The van der Waals surface area contributed by atoms with Crippen LogP contribution in [-0.4, -0.2) is 56.2 Å². The number of nitrogens with zero attached hydrogens (tertiary/aromatic N) is 5. The van der Waals surface area contributed by atoms with Crippen molar-refractivity contribution < 1.29 is 9.53 Å². The minimum Gasteiger partial charge on any atom is -0.375 e. The van der Waals surface area contributed by atoms with E-state index in [1.54, 1.807) is 4.52 Å². The fourth-order valence-electron chi connectivity index (χ4n) is 2.95. The number of carbonyl (C=O) groups is 1. The van der Waals surface area contributed by atoms with Crippen LogP contribution in [-0.2, 0) is 16.0 Å². The molecule has 22 heavy (non-hydrogen) atoms. The second-order valence-electron chi connectivity index (χ2n) is 5.75. The number of aryl methyl sites for hydroxylation is 2. The zero-order valence-corrected chi connectivity index (χ0v) is 13.2. The monoisotopic (exact) mass is 303 g/mol. The normalized spacial score (nSPS) is 18.9. The maximum Gasteiger partial charge on any atom is 0.252 e. The summed E-state index contributed by atoms with van der Waals surface area (Å²) in [7, 11) is 0. The number of aromatic nitrogens is 4. The quantitative estimate of drug-likeness (QED) is 0.843. The molecule has 1 aliphatic rings. The van der Waals surface area contributed by atoms with Gasteiger partial charge in [-0.05, 0) is 32.8 Å². The zero-order valence-electron chi connectivity index (χ0n) is 13.2. The van der Waals surface area contributed by atoms with E-state index in [0.29, 0.717) is 38.3 Å². The van der Waals surface area contributed by atoms with Gasteiger partial charge in [0.1, 0.15) is 6.33 Å². The Bertz CT molecular complexity index is 697. The first-order chi connectivity index (χ1) is 10.6. The van der Waals surface area contributed by atoms with Gasteiger partial charge in [-0.1, -0.05) is 0 Å². The highest BCUT2D eigenvalue weighted by Gasteiger charge is 2.21. The summed E-state index contributed by atoms with van der Waals surface area (Å²) in [6, 6.07) is 0. The standard InChI is InChI=1S/C15H21N5O2/c1-10-8-19(6-7-22-10)14(21)5-4-13-11(2)18-15-16-9-17-20(15)12(13)3/h9-10H,4-8H2,1-3H3. The first kappa shape index (κ1) is 14.9. The Morgan fingerprint density at radius 2 is 2.27 bits per heavy atom. The molecule has 3 rings (SSSR count). The average Bonchev–Trinajstić information content (AvgIpc) is 2.95. The van der Waals surface area contributed by atoms with Gasteiger partial charge in [0.05, 0.1) is 12.7 Å². The molecule has 7 heteroatoms. The van der Waals surface area contributed by atoms with E-state index in [2.05, 4.69) is 15.1 Å². The molecule has 1 unspecified atom stereocenters. The van der Waals surface area contributed by atoms with Crippen LogP contribution in [0.2, 0.25) is 0 Å². The number of fused-ring (bicyclic) bond motifs is 1. The Labute approximate surface area is 129 Å². The van der Waals surface area contributed by atoms with E-state index in [1.165, 1.54) is 6.33 Å². The highest BCUT2D eigenvalue weighted by molar-refractivity contribution is 5.76. The molecular formula is C15H21N5O2. The van der Waals surface area contributed by atoms with Crippen molar-refractivity contribution in [2.45, 2.75) is 39.7 Å². The molecule has 1 fully saturated rings. The van der Waals surface area contributed by atoms with Crippen molar-refractivity contribution in [3.05, 3.63) is 23.3 Å². The molecule has 1 amide bonds. The van der Waals surface area contributed by atoms with Crippen molar-refractivity contribution in [1.82, 2.24) is 24.5 Å². The van der Waals surface area contributed by atoms with Crippen LogP contribution < -0.4 is 0 Å². The lowest BCUT2D eigenvalue weighted by Crippen LogP contribution is -2.44. The topological polar surface area (TPSA) is 72.6 Å². The molecule has 0 bridgehead atoms. The van der Waals surface area contributed by atoms with E-state index in [9.17, 15) is 4.79 Å². The minimum absolute atomic E-state index is 0.120. The van der Waals surface area contributed by atoms with Crippen molar-refractivity contribution in [2.75, 3.05) is 19.7 Å². The Morgan fingerprint density at radius 1 is 1.45 bits per heavy atom. The Hall–Kier alpha value is -2.02. The van der Waals surface area contributed by atoms with Crippen LogP contribution >= 0.6 is 0 Å². The Balaban J connectivity index is 1.72. The zero-order chi connectivity index (χ0) is 15.7. The number of morpholine rings is 1. The van der Waals surface area contributed by atoms with Crippen molar-refractivity contribution in [3.8, 4) is 0 Å². The predicted molar refractivity (Wildman–Crippen MR) is 80.6 cm³/mol. The second kappa shape index (κ2) is 6.00. The number of hydrogen-bond donors (Lipinski definition) is 0. The van der Waals surface area contributed by atoms with Crippen molar-refractivity contribution >= 4 is 11.7 Å². The summed E-state index contributed by atoms with van der Waals surface area (Å²) >= 11 is 0. The van der Waals surface area contributed by atoms with Gasteiger partial charge in [-0.25, -0.2) is 9.50 Å². The number of amides is 1. The molecule has 2 aromatic rings. The lowest BCUT2D eigenvalue weighted by Gasteiger charge is -2.31. The van der Waals surface area contributed by atoms with Gasteiger partial charge in [0, 0.05) is 30.9 Å². The van der Waals surface area contributed by atoms with E-state index < -0.39 is 0 Å². The van der Waals surface area contributed by atoms with Crippen LogP contribution in [0, 0.1) is 13.8 Å². The summed E-state index contributed by atoms with van der Waals surface area (Å²) in [6.07, 6.45) is 2.77. The first-order valence-corrected chi connectivity index (χ1v) is 7.61. The van der Waals surface area contributed by atoms with Gasteiger partial charge in [0.25, 0.3) is 5.78 Å². The number of rotatable bonds is 3. The molecule has 0 spiro atoms. The summed E-state index contributed by atoms with van der Waals surface area (Å²) in [5.74, 6) is 0.778. The van der Waals surface area contributed by atoms with Crippen LogP contribution in [0.1, 0.15) is 30.3 Å². The van der Waals surface area contributed by atoms with E-state index in [0.717, 1.165) is 17.0 Å². The van der Waals surface area contributed by atoms with E-state index >= 15 is 0 Å². The van der Waals surface area contributed by atoms with Crippen LogP contribution in [0.15, 0.2) is 6.33 Å². The Kier molecular flexibility index (Phi) is 4.06. The minimum atomic E-state index is 0.120. The molecule has 118 valence electrons. The van der Waals surface area contributed by atoms with Gasteiger partial charge in [-0.2, -0.15) is 10.1 Å². The SMILES string of the molecule is Cc1nc2ncnn2c(C)c1CCC(=O)N1CCOC(C)C1. The third-order valence-electron chi connectivity index (χ3n) is 4.17. The van der Waals surface area contributed by atoms with Crippen LogP contribution in [0.5, 0.6) is 0 Å². The van der Waals surface area contributed by atoms with E-state index in [4.69, 9.17) is 4.74 Å². The maximum absolute atomic E-state index is 12.4. The molecular weight excluding hydrogens is 282 g/mol. The van der Waals surface area contributed by atoms with Crippen LogP contribution in [0.25, 0.3) is 5.78 Å². The van der Waals surface area contributed by atoms with Crippen LogP contribution in [0.3, 0.4) is 0 Å². The molecule has 0 aromatic carbocycles. The molecule has 0 saturated carbocycles. The predicted octanol–water partition coefficient (Wildman–Crippen LogP) is 0.921. The lowest BCUT2D eigenvalue weighted by molar-refractivity contribution is -0.138. The third-order valence-corrected chi connectivity index (χ3v) is 4.17.